The predicted molar refractivity (Wildman–Crippen MR) is 94.5 cm³/mol. The highest BCUT2D eigenvalue weighted by Gasteiger charge is 2.41. The number of hydrogen-bond donors (Lipinski definition) is 0. The van der Waals surface area contributed by atoms with Crippen LogP contribution in [0.3, 0.4) is 0 Å². The summed E-state index contributed by atoms with van der Waals surface area (Å²) in [5.74, 6) is 3.36. The maximum Gasteiger partial charge on any atom is 0.186 e. The van der Waals surface area contributed by atoms with Gasteiger partial charge in [0.15, 0.2) is 5.65 Å². The highest BCUT2D eigenvalue weighted by molar-refractivity contribution is 5.86. The van der Waals surface area contributed by atoms with Crippen molar-refractivity contribution in [3.63, 3.8) is 0 Å². The lowest BCUT2D eigenvalue weighted by Gasteiger charge is -2.24. The van der Waals surface area contributed by atoms with E-state index in [1.807, 2.05) is 19.4 Å². The molecule has 2 atom stereocenters. The van der Waals surface area contributed by atoms with Crippen LogP contribution in [0.1, 0.15) is 5.56 Å². The van der Waals surface area contributed by atoms with Gasteiger partial charge in [0.1, 0.15) is 24.3 Å². The smallest absolute Gasteiger partial charge is 0.186 e. The van der Waals surface area contributed by atoms with Crippen molar-refractivity contribution < 1.29 is 0 Å². The molecule has 0 N–H and O–H groups in total. The second kappa shape index (κ2) is 5.37. The molecule has 2 aliphatic heterocycles. The molecular weight excluding hydrogens is 316 g/mol. The normalized spacial score (nSPS) is 22.8. The van der Waals surface area contributed by atoms with Crippen molar-refractivity contribution in [2.75, 3.05) is 36.0 Å². The minimum atomic E-state index is 0.635. The SMILES string of the molecule is Cc1cncnc1N1CC2CN(c3ncnc4nn(C)cc34)CC2C1. The van der Waals surface area contributed by atoms with Crippen molar-refractivity contribution in [3.05, 3.63) is 30.6 Å². The minimum Gasteiger partial charge on any atom is -0.356 e. The molecule has 0 bridgehead atoms. The predicted octanol–water partition coefficient (Wildman–Crippen LogP) is 1.03. The summed E-state index contributed by atoms with van der Waals surface area (Å²) in [6.07, 6.45) is 7.16. The van der Waals surface area contributed by atoms with Crippen LogP contribution in [-0.2, 0) is 7.05 Å². The summed E-state index contributed by atoms with van der Waals surface area (Å²) in [5.41, 5.74) is 1.91. The van der Waals surface area contributed by atoms with Crippen LogP contribution in [0.2, 0.25) is 0 Å². The van der Waals surface area contributed by atoms with Gasteiger partial charge in [0.25, 0.3) is 0 Å². The Hall–Kier alpha value is -2.77. The first-order valence-electron chi connectivity index (χ1n) is 8.60. The molecule has 3 aromatic rings. The molecule has 8 heteroatoms. The first kappa shape index (κ1) is 14.6. The summed E-state index contributed by atoms with van der Waals surface area (Å²) < 4.78 is 1.80. The van der Waals surface area contributed by atoms with Gasteiger partial charge < -0.3 is 9.80 Å². The molecule has 8 nitrogen and oxygen atoms in total. The van der Waals surface area contributed by atoms with Crippen LogP contribution in [0.25, 0.3) is 11.0 Å². The largest absolute Gasteiger partial charge is 0.356 e. The Kier molecular flexibility index (Phi) is 3.13. The van der Waals surface area contributed by atoms with Gasteiger partial charge >= 0.3 is 0 Å². The monoisotopic (exact) mass is 336 g/mol. The Morgan fingerprint density at radius 1 is 0.920 bits per heavy atom. The highest BCUT2D eigenvalue weighted by atomic mass is 15.3. The van der Waals surface area contributed by atoms with Crippen molar-refractivity contribution in [2.45, 2.75) is 6.92 Å². The molecule has 0 radical (unpaired) electrons. The van der Waals surface area contributed by atoms with Gasteiger partial charge in [0.2, 0.25) is 0 Å². The number of rotatable bonds is 2. The maximum absolute atomic E-state index is 4.55. The third kappa shape index (κ3) is 2.32. The zero-order valence-electron chi connectivity index (χ0n) is 14.4. The zero-order chi connectivity index (χ0) is 17.0. The molecule has 128 valence electrons. The van der Waals surface area contributed by atoms with E-state index < -0.39 is 0 Å². The number of anilines is 2. The summed E-state index contributed by atoms with van der Waals surface area (Å²) in [5, 5.41) is 5.43. The third-order valence-electron chi connectivity index (χ3n) is 5.36. The molecule has 2 saturated heterocycles. The van der Waals surface area contributed by atoms with Crippen LogP contribution in [0.4, 0.5) is 11.6 Å². The van der Waals surface area contributed by atoms with Crippen molar-refractivity contribution in [2.24, 2.45) is 18.9 Å². The molecule has 0 aromatic carbocycles. The zero-order valence-corrected chi connectivity index (χ0v) is 14.4. The van der Waals surface area contributed by atoms with Crippen molar-refractivity contribution in [3.8, 4) is 0 Å². The second-order valence-corrected chi connectivity index (χ2v) is 7.10. The van der Waals surface area contributed by atoms with Gasteiger partial charge in [0, 0.05) is 63.0 Å². The van der Waals surface area contributed by atoms with Gasteiger partial charge in [-0.05, 0) is 6.92 Å². The van der Waals surface area contributed by atoms with Gasteiger partial charge in [-0.3, -0.25) is 4.68 Å². The Morgan fingerprint density at radius 2 is 1.60 bits per heavy atom. The van der Waals surface area contributed by atoms with Gasteiger partial charge in [0.05, 0.1) is 5.39 Å². The van der Waals surface area contributed by atoms with Crippen LogP contribution in [0.5, 0.6) is 0 Å². The minimum absolute atomic E-state index is 0.635. The van der Waals surface area contributed by atoms with E-state index in [4.69, 9.17) is 0 Å². The quantitative estimate of drug-likeness (QED) is 0.692. The van der Waals surface area contributed by atoms with Crippen molar-refractivity contribution in [1.29, 1.82) is 0 Å². The Labute approximate surface area is 145 Å². The van der Waals surface area contributed by atoms with E-state index in [9.17, 15) is 0 Å². The van der Waals surface area contributed by atoms with E-state index in [1.165, 1.54) is 0 Å². The molecule has 5 rings (SSSR count). The summed E-state index contributed by atoms with van der Waals surface area (Å²) in [4.78, 5) is 22.2. The van der Waals surface area contributed by atoms with Gasteiger partial charge in [-0.2, -0.15) is 5.10 Å². The molecule has 2 unspecified atom stereocenters. The van der Waals surface area contributed by atoms with Gasteiger partial charge in [-0.25, -0.2) is 19.9 Å². The molecule has 5 heterocycles. The van der Waals surface area contributed by atoms with E-state index in [-0.39, 0.29) is 0 Å². The Morgan fingerprint density at radius 3 is 2.32 bits per heavy atom. The molecule has 0 saturated carbocycles. The lowest BCUT2D eigenvalue weighted by atomic mass is 10.0. The van der Waals surface area contributed by atoms with Gasteiger partial charge in [-0.15, -0.1) is 0 Å². The van der Waals surface area contributed by atoms with Crippen LogP contribution >= 0.6 is 0 Å². The van der Waals surface area contributed by atoms with E-state index in [2.05, 4.69) is 41.8 Å². The van der Waals surface area contributed by atoms with E-state index in [0.29, 0.717) is 11.8 Å². The number of nitrogens with zero attached hydrogens (tertiary/aromatic N) is 8. The highest BCUT2D eigenvalue weighted by Crippen LogP contribution is 2.37. The molecule has 0 amide bonds. The first-order valence-corrected chi connectivity index (χ1v) is 8.60. The fourth-order valence-electron chi connectivity index (χ4n) is 4.25. The standard InChI is InChI=1S/C17H20N8/c1-11-3-18-9-20-16(11)24-4-12-6-25(7-13(12)5-24)17-14-8-23(2)22-15(14)19-10-21-17/h3,8-10,12-13H,4-7H2,1-2H3. The Balaban J connectivity index is 1.38. The molecule has 2 aliphatic rings. The maximum atomic E-state index is 4.55. The summed E-state index contributed by atoms with van der Waals surface area (Å²) in [6.45, 7) is 6.20. The average Bonchev–Trinajstić information content (AvgIpc) is 3.26. The lowest BCUT2D eigenvalue weighted by Crippen LogP contribution is -2.30. The van der Waals surface area contributed by atoms with Crippen molar-refractivity contribution >= 4 is 22.7 Å². The molecule has 3 aromatic heterocycles. The van der Waals surface area contributed by atoms with Crippen LogP contribution in [0.15, 0.2) is 25.0 Å². The van der Waals surface area contributed by atoms with E-state index >= 15 is 0 Å². The van der Waals surface area contributed by atoms with Gasteiger partial charge in [-0.1, -0.05) is 0 Å². The number of aromatic nitrogens is 6. The van der Waals surface area contributed by atoms with Crippen LogP contribution in [0, 0.1) is 18.8 Å². The van der Waals surface area contributed by atoms with E-state index in [1.54, 1.807) is 17.3 Å². The summed E-state index contributed by atoms with van der Waals surface area (Å²) in [7, 11) is 1.92. The van der Waals surface area contributed by atoms with E-state index in [0.717, 1.165) is 54.4 Å². The topological polar surface area (TPSA) is 75.9 Å². The lowest BCUT2D eigenvalue weighted by molar-refractivity contribution is 0.533. The first-order chi connectivity index (χ1) is 12.2. The molecule has 0 spiro atoms. The average molecular weight is 336 g/mol. The number of fused-ring (bicyclic) bond motifs is 2. The summed E-state index contributed by atoms with van der Waals surface area (Å²) >= 11 is 0. The van der Waals surface area contributed by atoms with Crippen molar-refractivity contribution in [1.82, 2.24) is 29.7 Å². The fourth-order valence-corrected chi connectivity index (χ4v) is 4.25. The number of hydrogen-bond acceptors (Lipinski definition) is 7. The fraction of sp³-hybridized carbons (Fsp3) is 0.471. The van der Waals surface area contributed by atoms with Crippen LogP contribution in [-0.4, -0.2) is 55.9 Å². The molecule has 0 aliphatic carbocycles. The molecular formula is C17H20N8. The summed E-state index contributed by atoms with van der Waals surface area (Å²) in [6, 6.07) is 0. The Bertz CT molecular complexity index is 921. The second-order valence-electron chi connectivity index (χ2n) is 7.10. The number of aryl methyl sites for hydroxylation is 2. The molecule has 25 heavy (non-hydrogen) atoms. The van der Waals surface area contributed by atoms with Crippen LogP contribution < -0.4 is 9.80 Å². The molecule has 2 fully saturated rings. The third-order valence-corrected chi connectivity index (χ3v) is 5.36.